The van der Waals surface area contributed by atoms with Gasteiger partial charge in [-0.2, -0.15) is 0 Å². The Morgan fingerprint density at radius 2 is 1.86 bits per heavy atom. The van der Waals surface area contributed by atoms with Gasteiger partial charge in [-0.25, -0.2) is 0 Å². The van der Waals surface area contributed by atoms with E-state index in [2.05, 4.69) is 48.6 Å². The Kier molecular flexibility index (Phi) is 5.52. The van der Waals surface area contributed by atoms with E-state index in [1.165, 1.54) is 16.7 Å². The van der Waals surface area contributed by atoms with Gasteiger partial charge in [0.2, 0.25) is 5.91 Å². The fraction of sp³-hybridized carbons (Fsp3) is 0.278. The number of methoxy groups -OCH3 is 1. The first-order valence-corrected chi connectivity index (χ1v) is 7.10. The molecule has 1 amide bonds. The lowest BCUT2D eigenvalue weighted by Crippen LogP contribution is -2.23. The van der Waals surface area contributed by atoms with Crippen molar-refractivity contribution in [2.45, 2.75) is 19.9 Å². The molecule has 0 aromatic heterocycles. The predicted molar refractivity (Wildman–Crippen MR) is 85.0 cm³/mol. The minimum absolute atomic E-state index is 0.0117. The minimum Gasteiger partial charge on any atom is -0.384 e. The number of amides is 1. The summed E-state index contributed by atoms with van der Waals surface area (Å²) < 4.78 is 4.89. The zero-order chi connectivity index (χ0) is 15.1. The average molecular weight is 283 g/mol. The van der Waals surface area contributed by atoms with E-state index in [4.69, 9.17) is 4.74 Å². The molecule has 0 aliphatic carbocycles. The van der Waals surface area contributed by atoms with Crippen LogP contribution < -0.4 is 5.32 Å². The Hall–Kier alpha value is -2.13. The molecule has 21 heavy (non-hydrogen) atoms. The smallest absolute Gasteiger partial charge is 0.222 e. The zero-order valence-electron chi connectivity index (χ0n) is 12.6. The summed E-state index contributed by atoms with van der Waals surface area (Å²) in [5.41, 5.74) is 4.70. The lowest BCUT2D eigenvalue weighted by Gasteiger charge is -2.08. The van der Waals surface area contributed by atoms with E-state index in [1.54, 1.807) is 7.11 Å². The Morgan fingerprint density at radius 3 is 2.57 bits per heavy atom. The number of hydrogen-bond donors (Lipinski definition) is 1. The highest BCUT2D eigenvalue weighted by molar-refractivity contribution is 5.76. The number of ether oxygens (including phenoxy) is 1. The molecule has 1 N–H and O–H groups in total. The van der Waals surface area contributed by atoms with Crippen molar-refractivity contribution in [1.29, 1.82) is 0 Å². The summed E-state index contributed by atoms with van der Waals surface area (Å²) in [7, 11) is 1.60. The molecule has 2 aromatic rings. The highest BCUT2D eigenvalue weighted by atomic mass is 16.5. The van der Waals surface area contributed by atoms with Gasteiger partial charge >= 0.3 is 0 Å². The highest BCUT2D eigenvalue weighted by Crippen LogP contribution is 2.20. The molecule has 0 aliphatic heterocycles. The second-order valence-corrected chi connectivity index (χ2v) is 5.09. The molecule has 0 heterocycles. The fourth-order valence-corrected chi connectivity index (χ4v) is 2.09. The zero-order valence-corrected chi connectivity index (χ0v) is 12.6. The van der Waals surface area contributed by atoms with E-state index in [1.807, 2.05) is 12.1 Å². The van der Waals surface area contributed by atoms with Gasteiger partial charge in [-0.15, -0.1) is 0 Å². The lowest BCUT2D eigenvalue weighted by atomic mass is 10.0. The van der Waals surface area contributed by atoms with Crippen molar-refractivity contribution in [3.8, 4) is 11.1 Å². The number of hydrogen-bond acceptors (Lipinski definition) is 2. The van der Waals surface area contributed by atoms with Crippen LogP contribution in [0, 0.1) is 6.92 Å². The van der Waals surface area contributed by atoms with Gasteiger partial charge in [0.05, 0.1) is 6.61 Å². The maximum Gasteiger partial charge on any atom is 0.222 e. The Morgan fingerprint density at radius 1 is 1.10 bits per heavy atom. The second kappa shape index (κ2) is 7.60. The third-order valence-corrected chi connectivity index (χ3v) is 3.33. The van der Waals surface area contributed by atoms with E-state index in [0.717, 1.165) is 5.56 Å². The minimum atomic E-state index is 0.0117. The van der Waals surface area contributed by atoms with Gasteiger partial charge in [-0.1, -0.05) is 48.0 Å². The average Bonchev–Trinajstić information content (AvgIpc) is 2.52. The topological polar surface area (TPSA) is 38.3 Å². The van der Waals surface area contributed by atoms with Crippen LogP contribution in [-0.2, 0) is 16.1 Å². The van der Waals surface area contributed by atoms with Gasteiger partial charge in [0.15, 0.2) is 0 Å². The number of rotatable bonds is 6. The van der Waals surface area contributed by atoms with Crippen molar-refractivity contribution in [1.82, 2.24) is 5.32 Å². The summed E-state index contributed by atoms with van der Waals surface area (Å²) >= 11 is 0. The molecule has 0 fully saturated rings. The predicted octanol–water partition coefficient (Wildman–Crippen LogP) is 3.31. The molecule has 3 heteroatoms. The van der Waals surface area contributed by atoms with Crippen LogP contribution in [0.1, 0.15) is 17.5 Å². The molecule has 0 aliphatic rings. The van der Waals surface area contributed by atoms with Gasteiger partial charge in [0.25, 0.3) is 0 Å². The highest BCUT2D eigenvalue weighted by Gasteiger charge is 2.02. The van der Waals surface area contributed by atoms with Crippen LogP contribution in [0.5, 0.6) is 0 Å². The molecule has 0 spiro atoms. The Labute approximate surface area is 126 Å². The van der Waals surface area contributed by atoms with Crippen molar-refractivity contribution in [3.05, 3.63) is 59.7 Å². The molecule has 0 unspecified atom stereocenters. The Balaban J connectivity index is 2.01. The van der Waals surface area contributed by atoms with Gasteiger partial charge in [0.1, 0.15) is 0 Å². The van der Waals surface area contributed by atoms with Gasteiger partial charge < -0.3 is 10.1 Å². The van der Waals surface area contributed by atoms with Crippen LogP contribution in [0.25, 0.3) is 11.1 Å². The number of carbonyl (C=O) groups excluding carboxylic acids is 1. The van der Waals surface area contributed by atoms with Crippen LogP contribution in [0.4, 0.5) is 0 Å². The van der Waals surface area contributed by atoms with Crippen LogP contribution in [-0.4, -0.2) is 19.6 Å². The van der Waals surface area contributed by atoms with Gasteiger partial charge in [-0.3, -0.25) is 4.79 Å². The SMILES string of the molecule is COCCC(=O)NCc1cccc(-c2ccc(C)cc2)c1. The molecule has 2 rings (SSSR count). The summed E-state index contributed by atoms with van der Waals surface area (Å²) in [5.74, 6) is 0.0117. The third-order valence-electron chi connectivity index (χ3n) is 3.33. The van der Waals surface area contributed by atoms with Crippen molar-refractivity contribution in [2.75, 3.05) is 13.7 Å². The molecule has 3 nitrogen and oxygen atoms in total. The van der Waals surface area contributed by atoms with E-state index >= 15 is 0 Å². The summed E-state index contributed by atoms with van der Waals surface area (Å²) in [6, 6.07) is 16.7. The van der Waals surface area contributed by atoms with Gasteiger partial charge in [0, 0.05) is 20.1 Å². The van der Waals surface area contributed by atoms with E-state index in [0.29, 0.717) is 19.6 Å². The first-order chi connectivity index (χ1) is 10.2. The normalized spacial score (nSPS) is 10.4. The molecule has 0 radical (unpaired) electrons. The van der Waals surface area contributed by atoms with Crippen molar-refractivity contribution in [2.24, 2.45) is 0 Å². The largest absolute Gasteiger partial charge is 0.384 e. The molecule has 110 valence electrons. The third kappa shape index (κ3) is 4.72. The van der Waals surface area contributed by atoms with Crippen molar-refractivity contribution in [3.63, 3.8) is 0 Å². The van der Waals surface area contributed by atoms with Gasteiger partial charge in [-0.05, 0) is 29.7 Å². The number of aryl methyl sites for hydroxylation is 1. The molecular formula is C18H21NO2. The summed E-state index contributed by atoms with van der Waals surface area (Å²) in [6.07, 6.45) is 0.397. The molecule has 0 bridgehead atoms. The van der Waals surface area contributed by atoms with E-state index in [-0.39, 0.29) is 5.91 Å². The number of carbonyl (C=O) groups is 1. The van der Waals surface area contributed by atoms with Crippen LogP contribution in [0.15, 0.2) is 48.5 Å². The first kappa shape index (κ1) is 15.3. The molecule has 2 aromatic carbocycles. The first-order valence-electron chi connectivity index (χ1n) is 7.10. The standard InChI is InChI=1S/C18H21NO2/c1-14-6-8-16(9-7-14)17-5-3-4-15(12-17)13-19-18(20)10-11-21-2/h3-9,12H,10-11,13H2,1-2H3,(H,19,20). The van der Waals surface area contributed by atoms with E-state index < -0.39 is 0 Å². The van der Waals surface area contributed by atoms with Crippen LogP contribution in [0.2, 0.25) is 0 Å². The monoisotopic (exact) mass is 283 g/mol. The maximum absolute atomic E-state index is 11.6. The summed E-state index contributed by atoms with van der Waals surface area (Å²) in [5, 5.41) is 2.90. The second-order valence-electron chi connectivity index (χ2n) is 5.09. The number of nitrogens with one attached hydrogen (secondary N) is 1. The molecule has 0 saturated carbocycles. The molecular weight excluding hydrogens is 262 g/mol. The maximum atomic E-state index is 11.6. The molecule has 0 saturated heterocycles. The van der Waals surface area contributed by atoms with Crippen molar-refractivity contribution < 1.29 is 9.53 Å². The summed E-state index contributed by atoms with van der Waals surface area (Å²) in [6.45, 7) is 3.08. The van der Waals surface area contributed by atoms with Crippen LogP contribution in [0.3, 0.4) is 0 Å². The van der Waals surface area contributed by atoms with Crippen LogP contribution >= 0.6 is 0 Å². The van der Waals surface area contributed by atoms with Crippen molar-refractivity contribution >= 4 is 5.91 Å². The lowest BCUT2D eigenvalue weighted by molar-refractivity contribution is -0.122. The number of benzene rings is 2. The fourth-order valence-electron chi connectivity index (χ4n) is 2.09. The van der Waals surface area contributed by atoms with E-state index in [9.17, 15) is 4.79 Å². The summed E-state index contributed by atoms with van der Waals surface area (Å²) in [4.78, 5) is 11.6. The Bertz CT molecular complexity index is 590. The quantitative estimate of drug-likeness (QED) is 0.883. The molecule has 0 atom stereocenters.